The van der Waals surface area contributed by atoms with Crippen molar-refractivity contribution in [1.29, 1.82) is 0 Å². The zero-order valence-electron chi connectivity index (χ0n) is 24.6. The molecule has 0 aliphatic carbocycles. The van der Waals surface area contributed by atoms with Gasteiger partial charge in [-0.15, -0.1) is 0 Å². The number of rotatable bonds is 13. The average molecular weight is 789 g/mol. The van der Waals surface area contributed by atoms with E-state index in [1.165, 1.54) is 17.0 Å². The summed E-state index contributed by atoms with van der Waals surface area (Å²) in [5.41, 5.74) is 2.04. The first kappa shape index (κ1) is 33.7. The van der Waals surface area contributed by atoms with Gasteiger partial charge in [0.15, 0.2) is 0 Å². The first-order valence-corrected chi connectivity index (χ1v) is 17.6. The molecule has 10 heteroatoms. The van der Waals surface area contributed by atoms with Crippen LogP contribution in [0.4, 0.5) is 5.69 Å². The summed E-state index contributed by atoms with van der Waals surface area (Å²) in [5, 5.41) is 3.05. The van der Waals surface area contributed by atoms with Crippen LogP contribution in [0, 0.1) is 3.57 Å². The number of carbonyl (C=O) groups excluding carboxylic acids is 2. The number of amides is 2. The van der Waals surface area contributed by atoms with E-state index in [2.05, 4.69) is 43.8 Å². The Hall–Kier alpha value is -3.22. The molecule has 4 aromatic carbocycles. The summed E-state index contributed by atoms with van der Waals surface area (Å²) in [6, 6.07) is 31.1. The van der Waals surface area contributed by atoms with Gasteiger partial charge in [-0.25, -0.2) is 8.42 Å². The summed E-state index contributed by atoms with van der Waals surface area (Å²) >= 11 is 5.66. The number of sulfonamides is 1. The molecule has 2 atom stereocenters. The molecular formula is C34H35BrIN3O4S. The van der Waals surface area contributed by atoms with E-state index in [4.69, 9.17) is 0 Å². The van der Waals surface area contributed by atoms with E-state index in [-0.39, 0.29) is 29.8 Å². The lowest BCUT2D eigenvalue weighted by Gasteiger charge is -2.34. The maximum atomic E-state index is 14.5. The van der Waals surface area contributed by atoms with Crippen molar-refractivity contribution in [2.24, 2.45) is 0 Å². The van der Waals surface area contributed by atoms with Crippen LogP contribution >= 0.6 is 38.5 Å². The fraction of sp³-hybridized carbons (Fsp3) is 0.235. The fourth-order valence-corrected chi connectivity index (χ4v) is 6.92. The van der Waals surface area contributed by atoms with Crippen LogP contribution in [0.5, 0.6) is 0 Å². The quantitative estimate of drug-likeness (QED) is 0.151. The summed E-state index contributed by atoms with van der Waals surface area (Å²) < 4.78 is 30.9. The van der Waals surface area contributed by atoms with Gasteiger partial charge in [0.25, 0.3) is 10.0 Å². The van der Waals surface area contributed by atoms with Crippen LogP contribution in [-0.4, -0.2) is 43.8 Å². The van der Waals surface area contributed by atoms with E-state index in [1.807, 2.05) is 68.4 Å². The van der Waals surface area contributed by atoms with Crippen molar-refractivity contribution in [3.05, 3.63) is 128 Å². The number of hydrogen-bond acceptors (Lipinski definition) is 4. The minimum absolute atomic E-state index is 0.0697. The summed E-state index contributed by atoms with van der Waals surface area (Å²) in [7, 11) is -4.13. The molecule has 0 heterocycles. The SMILES string of the molecule is CC[C@@H](C)NC(=O)[C@@H](Cc1ccccc1)N(Cc1cccc(Br)c1)C(=O)CN(c1ccc(I)cc1)S(=O)(=O)c1ccccc1. The smallest absolute Gasteiger partial charge is 0.264 e. The van der Waals surface area contributed by atoms with Gasteiger partial charge >= 0.3 is 0 Å². The van der Waals surface area contributed by atoms with Gasteiger partial charge < -0.3 is 10.2 Å². The summed E-state index contributed by atoms with van der Waals surface area (Å²) in [6.45, 7) is 3.52. The van der Waals surface area contributed by atoms with Gasteiger partial charge in [-0.05, 0) is 95.6 Å². The van der Waals surface area contributed by atoms with E-state index in [1.54, 1.807) is 42.5 Å². The lowest BCUT2D eigenvalue weighted by molar-refractivity contribution is -0.140. The van der Waals surface area contributed by atoms with Crippen molar-refractivity contribution in [2.45, 2.75) is 50.2 Å². The largest absolute Gasteiger partial charge is 0.352 e. The predicted molar refractivity (Wildman–Crippen MR) is 187 cm³/mol. The molecule has 2 amide bonds. The average Bonchev–Trinajstić information content (AvgIpc) is 3.02. The molecule has 0 aliphatic rings. The third-order valence-electron chi connectivity index (χ3n) is 7.24. The maximum Gasteiger partial charge on any atom is 0.264 e. The lowest BCUT2D eigenvalue weighted by atomic mass is 10.0. The van der Waals surface area contributed by atoms with E-state index < -0.39 is 28.5 Å². The molecule has 0 unspecified atom stereocenters. The maximum absolute atomic E-state index is 14.5. The molecule has 230 valence electrons. The topological polar surface area (TPSA) is 86.8 Å². The number of anilines is 1. The Morgan fingerprint density at radius 3 is 2.09 bits per heavy atom. The number of nitrogens with zero attached hydrogens (tertiary/aromatic N) is 2. The van der Waals surface area contributed by atoms with Crippen molar-refractivity contribution in [1.82, 2.24) is 10.2 Å². The van der Waals surface area contributed by atoms with Crippen LogP contribution in [0.25, 0.3) is 0 Å². The van der Waals surface area contributed by atoms with Crippen LogP contribution in [-0.2, 0) is 32.6 Å². The Kier molecular flexibility index (Phi) is 12.0. The molecule has 0 saturated carbocycles. The van der Waals surface area contributed by atoms with Gasteiger partial charge in [0.05, 0.1) is 10.6 Å². The highest BCUT2D eigenvalue weighted by atomic mass is 127. The van der Waals surface area contributed by atoms with E-state index in [0.29, 0.717) is 5.69 Å². The van der Waals surface area contributed by atoms with Crippen molar-refractivity contribution in [3.63, 3.8) is 0 Å². The van der Waals surface area contributed by atoms with Crippen molar-refractivity contribution >= 4 is 66.0 Å². The molecule has 4 rings (SSSR count). The highest BCUT2D eigenvalue weighted by Gasteiger charge is 2.35. The molecule has 0 fully saturated rings. The zero-order valence-corrected chi connectivity index (χ0v) is 29.1. The van der Waals surface area contributed by atoms with E-state index in [0.717, 1.165) is 29.9 Å². The monoisotopic (exact) mass is 787 g/mol. The molecule has 44 heavy (non-hydrogen) atoms. The van der Waals surface area contributed by atoms with Crippen molar-refractivity contribution in [3.8, 4) is 0 Å². The predicted octanol–water partition coefficient (Wildman–Crippen LogP) is 6.80. The fourth-order valence-electron chi connectivity index (χ4n) is 4.68. The second-order valence-electron chi connectivity index (χ2n) is 10.5. The molecule has 0 bridgehead atoms. The van der Waals surface area contributed by atoms with Gasteiger partial charge in [-0.3, -0.25) is 13.9 Å². The van der Waals surface area contributed by atoms with Crippen LogP contribution in [0.3, 0.4) is 0 Å². The Balaban J connectivity index is 1.80. The standard InChI is InChI=1S/C34H35BrIN3O4S/c1-3-25(2)37-34(41)32(22-26-11-6-4-7-12-26)38(23-27-13-10-14-28(35)21-27)33(40)24-39(30-19-17-29(36)18-20-30)44(42,43)31-15-8-5-9-16-31/h4-21,25,32H,3,22-24H2,1-2H3,(H,37,41)/t25-,32-/m1/s1. The lowest BCUT2D eigenvalue weighted by Crippen LogP contribution is -2.54. The molecule has 4 aromatic rings. The molecule has 0 aromatic heterocycles. The van der Waals surface area contributed by atoms with Crippen LogP contribution in [0.1, 0.15) is 31.4 Å². The summed E-state index contributed by atoms with van der Waals surface area (Å²) in [4.78, 5) is 29.9. The minimum atomic E-state index is -4.13. The van der Waals surface area contributed by atoms with Crippen molar-refractivity contribution < 1.29 is 18.0 Å². The second-order valence-corrected chi connectivity index (χ2v) is 14.5. The molecular weight excluding hydrogens is 753 g/mol. The van der Waals surface area contributed by atoms with Gasteiger partial charge in [-0.1, -0.05) is 83.5 Å². The van der Waals surface area contributed by atoms with Crippen LogP contribution in [0.15, 0.2) is 119 Å². The third-order valence-corrected chi connectivity index (χ3v) is 10.2. The number of carbonyl (C=O) groups is 2. The first-order valence-electron chi connectivity index (χ1n) is 14.3. The molecule has 7 nitrogen and oxygen atoms in total. The number of nitrogens with one attached hydrogen (secondary N) is 1. The van der Waals surface area contributed by atoms with Crippen LogP contribution in [0.2, 0.25) is 0 Å². The van der Waals surface area contributed by atoms with Crippen LogP contribution < -0.4 is 9.62 Å². The number of hydrogen-bond donors (Lipinski definition) is 1. The highest BCUT2D eigenvalue weighted by Crippen LogP contribution is 2.26. The van der Waals surface area contributed by atoms with E-state index >= 15 is 0 Å². The summed E-state index contributed by atoms with van der Waals surface area (Å²) in [6.07, 6.45) is 0.983. The molecule has 0 aliphatic heterocycles. The van der Waals surface area contributed by atoms with Gasteiger partial charge in [-0.2, -0.15) is 0 Å². The van der Waals surface area contributed by atoms with Gasteiger partial charge in [0.1, 0.15) is 12.6 Å². The molecule has 0 spiro atoms. The first-order chi connectivity index (χ1) is 21.1. The Labute approximate surface area is 282 Å². The molecule has 0 saturated heterocycles. The Bertz CT molecular complexity index is 1660. The normalized spacial score (nSPS) is 12.6. The Morgan fingerprint density at radius 1 is 0.864 bits per heavy atom. The number of benzene rings is 4. The van der Waals surface area contributed by atoms with Crippen molar-refractivity contribution in [2.75, 3.05) is 10.8 Å². The second kappa shape index (κ2) is 15.7. The minimum Gasteiger partial charge on any atom is -0.352 e. The zero-order chi connectivity index (χ0) is 31.7. The third kappa shape index (κ3) is 8.92. The Morgan fingerprint density at radius 2 is 1.48 bits per heavy atom. The highest BCUT2D eigenvalue weighted by molar-refractivity contribution is 14.1. The summed E-state index contributed by atoms with van der Waals surface area (Å²) in [5.74, 6) is -0.790. The molecule has 1 N–H and O–H groups in total. The van der Waals surface area contributed by atoms with Gasteiger partial charge in [0.2, 0.25) is 11.8 Å². The van der Waals surface area contributed by atoms with E-state index in [9.17, 15) is 18.0 Å². The number of halogens is 2. The molecule has 0 radical (unpaired) electrons. The van der Waals surface area contributed by atoms with Gasteiger partial charge in [0, 0.05) is 27.1 Å².